The normalized spacial score (nSPS) is 12.3. The van der Waals surface area contributed by atoms with E-state index in [0.29, 0.717) is 39.2 Å². The molecule has 0 unspecified atom stereocenters. The van der Waals surface area contributed by atoms with Crippen LogP contribution in [0.3, 0.4) is 0 Å². The van der Waals surface area contributed by atoms with Gasteiger partial charge in [-0.15, -0.1) is 0 Å². The smallest absolute Gasteiger partial charge is 0.270 e. The van der Waals surface area contributed by atoms with Crippen LogP contribution in [0.2, 0.25) is 0 Å². The number of aliphatic hydroxyl groups is 1. The predicted octanol–water partition coefficient (Wildman–Crippen LogP) is 4.77. The number of fused-ring (bicyclic) bond motifs is 1. The summed E-state index contributed by atoms with van der Waals surface area (Å²) in [4.78, 5) is 4.38. The Morgan fingerprint density at radius 2 is 1.88 bits per heavy atom. The highest BCUT2D eigenvalue weighted by Crippen LogP contribution is 2.37. The number of nitrogens with zero attached hydrogens (tertiary/aromatic N) is 2. The van der Waals surface area contributed by atoms with Gasteiger partial charge in [-0.05, 0) is 35.9 Å². The fraction of sp³-hybridized carbons (Fsp3) is 0.240. The molecule has 178 valence electrons. The van der Waals surface area contributed by atoms with Crippen molar-refractivity contribution in [1.29, 1.82) is 0 Å². The van der Waals surface area contributed by atoms with E-state index in [1.165, 1.54) is 25.3 Å². The average molecular weight is 487 g/mol. The number of benzene rings is 2. The topological polar surface area (TPSA) is 81.4 Å². The third-order valence-corrected chi connectivity index (χ3v) is 6.84. The molecule has 2 aromatic heterocycles. The monoisotopic (exact) mass is 486 g/mol. The molecule has 34 heavy (non-hydrogen) atoms. The van der Waals surface area contributed by atoms with Gasteiger partial charge < -0.3 is 14.4 Å². The summed E-state index contributed by atoms with van der Waals surface area (Å²) in [6, 6.07) is 14.3. The van der Waals surface area contributed by atoms with Crippen LogP contribution in [0, 0.1) is 0 Å². The SMILES string of the molecule is COc1ccc(-c2c(CO)n(Cc3cccc(C(C)(F)F)c3)c3ccc(S(C)(=O)=O)cc23)cn1. The van der Waals surface area contributed by atoms with Crippen molar-refractivity contribution in [2.45, 2.75) is 30.9 Å². The number of aliphatic hydroxyl groups excluding tert-OH is 1. The van der Waals surface area contributed by atoms with Gasteiger partial charge in [0.1, 0.15) is 0 Å². The van der Waals surface area contributed by atoms with Crippen molar-refractivity contribution in [3.05, 3.63) is 77.6 Å². The van der Waals surface area contributed by atoms with Crippen molar-refractivity contribution >= 4 is 20.7 Å². The molecule has 0 aliphatic rings. The van der Waals surface area contributed by atoms with Crippen molar-refractivity contribution in [2.75, 3.05) is 13.4 Å². The van der Waals surface area contributed by atoms with Gasteiger partial charge in [0.15, 0.2) is 9.84 Å². The highest BCUT2D eigenvalue weighted by Gasteiger charge is 2.25. The first kappa shape index (κ1) is 23.8. The van der Waals surface area contributed by atoms with Crippen LogP contribution in [-0.2, 0) is 28.9 Å². The molecule has 1 N–H and O–H groups in total. The fourth-order valence-corrected chi connectivity index (χ4v) is 4.71. The van der Waals surface area contributed by atoms with Crippen LogP contribution in [-0.4, -0.2) is 36.4 Å². The van der Waals surface area contributed by atoms with Crippen LogP contribution in [0.15, 0.2) is 65.7 Å². The minimum Gasteiger partial charge on any atom is -0.481 e. The largest absolute Gasteiger partial charge is 0.481 e. The lowest BCUT2D eigenvalue weighted by atomic mass is 10.0. The first-order valence-electron chi connectivity index (χ1n) is 10.5. The second-order valence-corrected chi connectivity index (χ2v) is 10.2. The Bertz CT molecular complexity index is 1460. The third kappa shape index (κ3) is 4.53. The summed E-state index contributed by atoms with van der Waals surface area (Å²) in [5, 5.41) is 11.0. The van der Waals surface area contributed by atoms with E-state index in [-0.39, 0.29) is 23.6 Å². The number of alkyl halides is 2. The standard InChI is InChI=1S/C25H24F2N2O4S/c1-25(26,27)18-6-4-5-16(11-18)14-29-21-9-8-19(34(3,31)32)12-20(21)24(22(29)15-30)17-7-10-23(33-2)28-13-17/h4-13,30H,14-15H2,1-3H3. The predicted molar refractivity (Wildman–Crippen MR) is 126 cm³/mol. The van der Waals surface area contributed by atoms with E-state index in [0.717, 1.165) is 13.2 Å². The van der Waals surface area contributed by atoms with Gasteiger partial charge >= 0.3 is 0 Å². The number of hydrogen-bond acceptors (Lipinski definition) is 5. The Balaban J connectivity index is 1.96. The lowest BCUT2D eigenvalue weighted by Gasteiger charge is -2.14. The highest BCUT2D eigenvalue weighted by molar-refractivity contribution is 7.90. The van der Waals surface area contributed by atoms with Crippen LogP contribution < -0.4 is 4.74 Å². The van der Waals surface area contributed by atoms with Gasteiger partial charge in [-0.2, -0.15) is 0 Å². The number of pyridine rings is 1. The maximum Gasteiger partial charge on any atom is 0.270 e. The van der Waals surface area contributed by atoms with Gasteiger partial charge in [0, 0.05) is 59.6 Å². The number of aromatic nitrogens is 2. The molecule has 0 radical (unpaired) electrons. The van der Waals surface area contributed by atoms with Crippen LogP contribution >= 0.6 is 0 Å². The molecule has 2 aromatic carbocycles. The van der Waals surface area contributed by atoms with E-state index in [2.05, 4.69) is 4.98 Å². The lowest BCUT2D eigenvalue weighted by Crippen LogP contribution is -2.09. The summed E-state index contributed by atoms with van der Waals surface area (Å²) in [5.74, 6) is -2.58. The van der Waals surface area contributed by atoms with E-state index in [9.17, 15) is 22.3 Å². The molecule has 9 heteroatoms. The molecule has 0 saturated carbocycles. The van der Waals surface area contributed by atoms with Crippen molar-refractivity contribution in [3.63, 3.8) is 0 Å². The molecule has 4 aromatic rings. The quantitative estimate of drug-likeness (QED) is 0.407. The number of halogens is 2. The molecule has 2 heterocycles. The van der Waals surface area contributed by atoms with E-state index in [1.807, 2.05) is 4.57 Å². The summed E-state index contributed by atoms with van der Waals surface area (Å²) in [6.45, 7) is 0.698. The number of methoxy groups -OCH3 is 1. The molecule has 0 bridgehead atoms. The molecule has 6 nitrogen and oxygen atoms in total. The Labute approximate surface area is 196 Å². The molecular weight excluding hydrogens is 462 g/mol. The van der Waals surface area contributed by atoms with Gasteiger partial charge in [-0.1, -0.05) is 18.2 Å². The van der Waals surface area contributed by atoms with E-state index >= 15 is 0 Å². The number of hydrogen-bond donors (Lipinski definition) is 1. The molecule has 0 aliphatic heterocycles. The Kier molecular flexibility index (Phi) is 6.18. The van der Waals surface area contributed by atoms with Crippen molar-refractivity contribution in [1.82, 2.24) is 9.55 Å². The van der Waals surface area contributed by atoms with Crippen molar-refractivity contribution in [3.8, 4) is 17.0 Å². The van der Waals surface area contributed by atoms with Gasteiger partial charge in [-0.25, -0.2) is 22.2 Å². The first-order chi connectivity index (χ1) is 16.0. The van der Waals surface area contributed by atoms with Gasteiger partial charge in [0.05, 0.1) is 24.3 Å². The molecule has 0 aliphatic carbocycles. The van der Waals surface area contributed by atoms with E-state index in [1.54, 1.807) is 42.6 Å². The number of rotatable bonds is 7. The zero-order valence-corrected chi connectivity index (χ0v) is 19.7. The highest BCUT2D eigenvalue weighted by atomic mass is 32.2. The third-order valence-electron chi connectivity index (χ3n) is 5.73. The maximum absolute atomic E-state index is 13.9. The van der Waals surface area contributed by atoms with E-state index in [4.69, 9.17) is 4.74 Å². The van der Waals surface area contributed by atoms with Crippen LogP contribution in [0.25, 0.3) is 22.0 Å². The minimum atomic E-state index is -3.49. The second-order valence-electron chi connectivity index (χ2n) is 8.20. The van der Waals surface area contributed by atoms with Gasteiger partial charge in [0.2, 0.25) is 5.88 Å². The molecule has 0 spiro atoms. The molecular formula is C25H24F2N2O4S. The van der Waals surface area contributed by atoms with Crippen LogP contribution in [0.4, 0.5) is 8.78 Å². The summed E-state index contributed by atoms with van der Waals surface area (Å²) >= 11 is 0. The van der Waals surface area contributed by atoms with Gasteiger partial charge in [0.25, 0.3) is 5.92 Å². The van der Waals surface area contributed by atoms with E-state index < -0.39 is 15.8 Å². The fourth-order valence-electron chi connectivity index (χ4n) is 4.06. The number of ether oxygens (including phenoxy) is 1. The summed E-state index contributed by atoms with van der Waals surface area (Å²) < 4.78 is 59.2. The van der Waals surface area contributed by atoms with Crippen LogP contribution in [0.1, 0.15) is 23.7 Å². The van der Waals surface area contributed by atoms with Crippen molar-refractivity contribution in [2.24, 2.45) is 0 Å². The summed E-state index contributed by atoms with van der Waals surface area (Å²) in [7, 11) is -1.99. The molecule has 0 amide bonds. The Morgan fingerprint density at radius 1 is 1.12 bits per heavy atom. The summed E-state index contributed by atoms with van der Waals surface area (Å²) in [6.07, 6.45) is 2.71. The molecule has 0 fully saturated rings. The molecule has 0 atom stereocenters. The number of sulfone groups is 1. The van der Waals surface area contributed by atoms with Gasteiger partial charge in [-0.3, -0.25) is 0 Å². The van der Waals surface area contributed by atoms with Crippen molar-refractivity contribution < 1.29 is 27.0 Å². The molecule has 0 saturated heterocycles. The zero-order valence-electron chi connectivity index (χ0n) is 18.9. The Morgan fingerprint density at radius 3 is 2.47 bits per heavy atom. The minimum absolute atomic E-state index is 0.106. The molecule has 4 rings (SSSR count). The summed E-state index contributed by atoms with van der Waals surface area (Å²) in [5.41, 5.74) is 2.98. The van der Waals surface area contributed by atoms with Crippen LogP contribution in [0.5, 0.6) is 5.88 Å². The second kappa shape index (κ2) is 8.81. The average Bonchev–Trinajstić information content (AvgIpc) is 3.10. The first-order valence-corrected chi connectivity index (χ1v) is 12.4. The maximum atomic E-state index is 13.9. The lowest BCUT2D eigenvalue weighted by molar-refractivity contribution is 0.0174. The Hall–Kier alpha value is -3.30. The zero-order chi connectivity index (χ0) is 24.7.